The number of piperidine rings is 3. The summed E-state index contributed by atoms with van der Waals surface area (Å²) in [4.78, 5) is 17.1. The van der Waals surface area contributed by atoms with Crippen molar-refractivity contribution in [2.24, 2.45) is 5.92 Å². The Balaban J connectivity index is 1.61. The normalized spacial score (nSPS) is 26.2. The van der Waals surface area contributed by atoms with Crippen LogP contribution in [0, 0.1) is 5.92 Å². The average Bonchev–Trinajstić information content (AvgIpc) is 3.05. The van der Waals surface area contributed by atoms with Crippen LogP contribution in [0.25, 0.3) is 10.9 Å². The van der Waals surface area contributed by atoms with Crippen molar-refractivity contribution >= 4 is 16.9 Å². The van der Waals surface area contributed by atoms with E-state index in [1.54, 1.807) is 0 Å². The molecule has 1 N–H and O–H groups in total. The quantitative estimate of drug-likeness (QED) is 0.868. The molecule has 1 unspecified atom stereocenters. The second kappa shape index (κ2) is 6.18. The van der Waals surface area contributed by atoms with Crippen molar-refractivity contribution in [2.45, 2.75) is 25.4 Å². The summed E-state index contributed by atoms with van der Waals surface area (Å²) in [6, 6.07) is 6.16. The van der Waals surface area contributed by atoms with E-state index in [0.29, 0.717) is 11.6 Å². The zero-order valence-corrected chi connectivity index (χ0v) is 14.3. The molecule has 1 aromatic heterocycles. The molecule has 2 aromatic rings. The molecule has 3 fully saturated rings. The van der Waals surface area contributed by atoms with Crippen LogP contribution in [0.5, 0.6) is 0 Å². The molecule has 24 heavy (non-hydrogen) atoms. The van der Waals surface area contributed by atoms with Crippen LogP contribution in [0.1, 0.15) is 28.9 Å². The molecule has 1 aromatic carbocycles. The van der Waals surface area contributed by atoms with Gasteiger partial charge in [0, 0.05) is 24.5 Å². The first-order chi connectivity index (χ1) is 11.7. The Morgan fingerprint density at radius 3 is 2.88 bits per heavy atom. The number of carbonyl (C=O) groups is 1. The molecule has 128 valence electrons. The second-order valence-corrected chi connectivity index (χ2v) is 7.01. The minimum Gasteiger partial charge on any atom is -0.465 e. The monoisotopic (exact) mass is 328 g/mol. The number of nitrogens with one attached hydrogen (secondary N) is 1. The van der Waals surface area contributed by atoms with Gasteiger partial charge in [-0.3, -0.25) is 10.00 Å². The van der Waals surface area contributed by atoms with Gasteiger partial charge >= 0.3 is 5.97 Å². The summed E-state index contributed by atoms with van der Waals surface area (Å²) < 4.78 is 4.93. The van der Waals surface area contributed by atoms with E-state index in [2.05, 4.69) is 27.0 Å². The van der Waals surface area contributed by atoms with E-state index in [1.165, 1.54) is 33.0 Å². The highest BCUT2D eigenvalue weighted by molar-refractivity contribution is 6.04. The zero-order chi connectivity index (χ0) is 16.7. The lowest BCUT2D eigenvalue weighted by Crippen LogP contribution is -2.56. The largest absolute Gasteiger partial charge is 0.465 e. The number of ether oxygens (including phenoxy) is 1. The molecule has 0 radical (unpaired) electrons. The highest BCUT2D eigenvalue weighted by Crippen LogP contribution is 2.31. The van der Waals surface area contributed by atoms with E-state index in [1.807, 2.05) is 18.2 Å². The molecule has 1 atom stereocenters. The average molecular weight is 328 g/mol. The molecule has 3 aliphatic heterocycles. The van der Waals surface area contributed by atoms with Crippen molar-refractivity contribution in [3.05, 3.63) is 29.5 Å². The van der Waals surface area contributed by atoms with Gasteiger partial charge in [0.15, 0.2) is 0 Å². The fourth-order valence-electron chi connectivity index (χ4n) is 4.33. The lowest BCUT2D eigenvalue weighted by atomic mass is 9.83. The van der Waals surface area contributed by atoms with Crippen LogP contribution in [-0.2, 0) is 11.3 Å². The van der Waals surface area contributed by atoms with Crippen LogP contribution < -0.4 is 0 Å². The number of fused-ring (bicyclic) bond motifs is 4. The zero-order valence-electron chi connectivity index (χ0n) is 14.3. The first kappa shape index (κ1) is 15.6. The molecule has 0 amide bonds. The maximum absolute atomic E-state index is 12.1. The fraction of sp³-hybridized carbons (Fsp3) is 0.556. The number of H-pyrrole nitrogens is 1. The smallest absolute Gasteiger partial charge is 0.338 e. The van der Waals surface area contributed by atoms with Crippen molar-refractivity contribution in [3.63, 3.8) is 0 Å². The molecule has 2 bridgehead atoms. The predicted molar refractivity (Wildman–Crippen MR) is 91.9 cm³/mol. The molecule has 0 spiro atoms. The fourth-order valence-corrected chi connectivity index (χ4v) is 4.33. The van der Waals surface area contributed by atoms with E-state index >= 15 is 0 Å². The Morgan fingerprint density at radius 1 is 1.42 bits per heavy atom. The summed E-state index contributed by atoms with van der Waals surface area (Å²) in [5.41, 5.74) is 2.39. The van der Waals surface area contributed by atoms with E-state index < -0.39 is 0 Å². The number of nitrogens with zero attached hydrogens (tertiary/aromatic N) is 3. The Bertz CT molecular complexity index is 749. The van der Waals surface area contributed by atoms with E-state index in [9.17, 15) is 4.79 Å². The number of rotatable bonds is 4. The SMILES string of the molecule is COC(=O)c1cccc2n[nH]c(CN(C)C3CN4CCC3CC4)c12. The number of methoxy groups -OCH3 is 1. The number of likely N-dealkylation sites (N-methyl/N-ethyl adjacent to an activating group) is 1. The Labute approximate surface area is 141 Å². The minimum atomic E-state index is -0.311. The summed E-state index contributed by atoms with van der Waals surface area (Å²) in [6.07, 6.45) is 2.60. The summed E-state index contributed by atoms with van der Waals surface area (Å²) in [7, 11) is 3.60. The highest BCUT2D eigenvalue weighted by Gasteiger charge is 2.36. The van der Waals surface area contributed by atoms with E-state index in [4.69, 9.17) is 4.74 Å². The van der Waals surface area contributed by atoms with E-state index in [-0.39, 0.29) is 5.97 Å². The molecule has 3 saturated heterocycles. The number of esters is 1. The van der Waals surface area contributed by atoms with Crippen molar-refractivity contribution in [1.29, 1.82) is 0 Å². The summed E-state index contributed by atoms with van der Waals surface area (Å²) in [5.74, 6) is 0.475. The molecule has 6 nitrogen and oxygen atoms in total. The van der Waals surface area contributed by atoms with Crippen LogP contribution in [0.3, 0.4) is 0 Å². The third-order valence-electron chi connectivity index (χ3n) is 5.66. The van der Waals surface area contributed by atoms with Gasteiger partial charge in [0.2, 0.25) is 0 Å². The number of aromatic nitrogens is 2. The van der Waals surface area contributed by atoms with Gasteiger partial charge in [0.1, 0.15) is 0 Å². The maximum atomic E-state index is 12.1. The molecule has 0 aliphatic carbocycles. The number of carbonyl (C=O) groups excluding carboxylic acids is 1. The highest BCUT2D eigenvalue weighted by atomic mass is 16.5. The van der Waals surface area contributed by atoms with Gasteiger partial charge in [-0.05, 0) is 51.0 Å². The Kier molecular flexibility index (Phi) is 4.02. The Morgan fingerprint density at radius 2 is 2.21 bits per heavy atom. The summed E-state index contributed by atoms with van der Waals surface area (Å²) in [6.45, 7) is 4.40. The third-order valence-corrected chi connectivity index (χ3v) is 5.66. The first-order valence-electron chi connectivity index (χ1n) is 8.64. The van der Waals surface area contributed by atoms with Gasteiger partial charge in [-0.1, -0.05) is 6.07 Å². The molecule has 3 aliphatic rings. The lowest BCUT2D eigenvalue weighted by molar-refractivity contribution is 0.0132. The third kappa shape index (κ3) is 2.59. The summed E-state index contributed by atoms with van der Waals surface area (Å²) >= 11 is 0. The second-order valence-electron chi connectivity index (χ2n) is 7.01. The number of hydrogen-bond donors (Lipinski definition) is 1. The van der Waals surface area contributed by atoms with E-state index in [0.717, 1.165) is 35.6 Å². The van der Waals surface area contributed by atoms with Crippen LogP contribution in [0.2, 0.25) is 0 Å². The van der Waals surface area contributed by atoms with Crippen molar-refractivity contribution in [1.82, 2.24) is 20.0 Å². The van der Waals surface area contributed by atoms with Crippen LogP contribution in [0.15, 0.2) is 18.2 Å². The number of benzene rings is 1. The Hall–Kier alpha value is -1.92. The first-order valence-corrected chi connectivity index (χ1v) is 8.64. The van der Waals surface area contributed by atoms with Gasteiger partial charge in [-0.25, -0.2) is 4.79 Å². The van der Waals surface area contributed by atoms with Crippen molar-refractivity contribution < 1.29 is 9.53 Å². The van der Waals surface area contributed by atoms with Crippen molar-refractivity contribution in [3.8, 4) is 0 Å². The van der Waals surface area contributed by atoms with Crippen molar-refractivity contribution in [2.75, 3.05) is 33.8 Å². The molecule has 5 rings (SSSR count). The van der Waals surface area contributed by atoms with Gasteiger partial charge < -0.3 is 9.64 Å². The van der Waals surface area contributed by atoms with Gasteiger partial charge in [0.05, 0.1) is 23.9 Å². The lowest BCUT2D eigenvalue weighted by Gasteiger charge is -2.48. The van der Waals surface area contributed by atoms with Gasteiger partial charge in [-0.15, -0.1) is 0 Å². The molecule has 6 heteroatoms. The summed E-state index contributed by atoms with van der Waals surface area (Å²) in [5, 5.41) is 8.39. The molecule has 0 saturated carbocycles. The van der Waals surface area contributed by atoms with Gasteiger partial charge in [-0.2, -0.15) is 5.10 Å². The standard InChI is InChI=1S/C18H24N4O2/c1-21(16-11-22-8-6-12(16)7-9-22)10-15-17-13(18(23)24-2)4-3-5-14(17)19-20-15/h3-5,12,16H,6-11H2,1-2H3,(H,19,20). The topological polar surface area (TPSA) is 61.5 Å². The molecular formula is C18H24N4O2. The van der Waals surface area contributed by atoms with Crippen LogP contribution in [0.4, 0.5) is 0 Å². The minimum absolute atomic E-state index is 0.311. The number of aromatic amines is 1. The van der Waals surface area contributed by atoms with Crippen LogP contribution in [-0.4, -0.2) is 65.8 Å². The maximum Gasteiger partial charge on any atom is 0.338 e. The number of hydrogen-bond acceptors (Lipinski definition) is 5. The predicted octanol–water partition coefficient (Wildman–Crippen LogP) is 1.88. The van der Waals surface area contributed by atoms with Crippen LogP contribution >= 0.6 is 0 Å². The van der Waals surface area contributed by atoms with Gasteiger partial charge in [0.25, 0.3) is 0 Å². The molecular weight excluding hydrogens is 304 g/mol. The molecule has 4 heterocycles.